The Hall–Kier alpha value is -1.63. The standard InChI is InChI=1S/C11H11Cl2N5O/c1-14-17-10-15-9(18(2)11(19)16-10)6-3-4-7(12)8(13)5-6/h3-5,14H,1-2H3,(H,16,17,19). The summed E-state index contributed by atoms with van der Waals surface area (Å²) in [6.45, 7) is 0. The second-order valence-corrected chi connectivity index (χ2v) is 4.53. The van der Waals surface area contributed by atoms with Gasteiger partial charge < -0.3 is 0 Å². The molecule has 0 aliphatic carbocycles. The van der Waals surface area contributed by atoms with E-state index >= 15 is 0 Å². The quantitative estimate of drug-likeness (QED) is 0.844. The van der Waals surface area contributed by atoms with E-state index in [0.717, 1.165) is 0 Å². The summed E-state index contributed by atoms with van der Waals surface area (Å²) in [5.41, 5.74) is 5.58. The van der Waals surface area contributed by atoms with Gasteiger partial charge in [-0.25, -0.2) is 10.2 Å². The number of rotatable bonds is 3. The summed E-state index contributed by atoms with van der Waals surface area (Å²) in [5.74, 6) is 0.628. The molecule has 0 saturated carbocycles. The van der Waals surface area contributed by atoms with Crippen LogP contribution in [0.25, 0.3) is 11.4 Å². The topological polar surface area (TPSA) is 71.8 Å². The molecule has 0 atom stereocenters. The third kappa shape index (κ3) is 2.86. The van der Waals surface area contributed by atoms with E-state index in [9.17, 15) is 4.79 Å². The average molecular weight is 300 g/mol. The highest BCUT2D eigenvalue weighted by Gasteiger charge is 2.10. The van der Waals surface area contributed by atoms with Crippen LogP contribution in [0.4, 0.5) is 5.95 Å². The minimum atomic E-state index is -0.422. The molecule has 1 heterocycles. The van der Waals surface area contributed by atoms with E-state index in [2.05, 4.69) is 20.8 Å². The highest BCUT2D eigenvalue weighted by molar-refractivity contribution is 6.42. The van der Waals surface area contributed by atoms with Crippen molar-refractivity contribution in [3.8, 4) is 11.4 Å². The lowest BCUT2D eigenvalue weighted by molar-refractivity contribution is 0.775. The molecule has 0 unspecified atom stereocenters. The highest BCUT2D eigenvalue weighted by Crippen LogP contribution is 2.27. The number of nitrogens with one attached hydrogen (secondary N) is 2. The fraction of sp³-hybridized carbons (Fsp3) is 0.182. The zero-order chi connectivity index (χ0) is 14.0. The fourth-order valence-electron chi connectivity index (χ4n) is 1.52. The zero-order valence-electron chi connectivity index (χ0n) is 10.2. The van der Waals surface area contributed by atoms with Crippen LogP contribution in [0.5, 0.6) is 0 Å². The summed E-state index contributed by atoms with van der Waals surface area (Å²) in [5, 5.41) is 0.839. The smallest absolute Gasteiger partial charge is 0.290 e. The first kappa shape index (κ1) is 13.8. The van der Waals surface area contributed by atoms with Crippen molar-refractivity contribution in [3.05, 3.63) is 38.7 Å². The first-order valence-electron chi connectivity index (χ1n) is 5.36. The molecule has 100 valence electrons. The molecule has 1 aromatic heterocycles. The van der Waals surface area contributed by atoms with Crippen LogP contribution in [-0.2, 0) is 7.05 Å². The molecular formula is C11H11Cl2N5O. The molecule has 0 amide bonds. The van der Waals surface area contributed by atoms with Crippen molar-refractivity contribution < 1.29 is 0 Å². The maximum Gasteiger partial charge on any atom is 0.352 e. The normalized spacial score (nSPS) is 10.5. The van der Waals surface area contributed by atoms with Crippen molar-refractivity contribution in [3.63, 3.8) is 0 Å². The summed E-state index contributed by atoms with van der Waals surface area (Å²) in [7, 11) is 3.24. The molecule has 2 rings (SSSR count). The fourth-order valence-corrected chi connectivity index (χ4v) is 1.82. The van der Waals surface area contributed by atoms with Gasteiger partial charge in [0.2, 0.25) is 5.95 Å². The zero-order valence-corrected chi connectivity index (χ0v) is 11.7. The second kappa shape index (κ2) is 5.56. The van der Waals surface area contributed by atoms with Gasteiger partial charge in [-0.3, -0.25) is 9.99 Å². The molecule has 2 aromatic rings. The van der Waals surface area contributed by atoms with Gasteiger partial charge in [-0.1, -0.05) is 23.2 Å². The first-order chi connectivity index (χ1) is 9.02. The predicted molar refractivity (Wildman–Crippen MR) is 75.4 cm³/mol. The third-order valence-corrected chi connectivity index (χ3v) is 3.17. The van der Waals surface area contributed by atoms with E-state index in [0.29, 0.717) is 21.4 Å². The summed E-state index contributed by atoms with van der Waals surface area (Å²) < 4.78 is 1.33. The van der Waals surface area contributed by atoms with E-state index < -0.39 is 5.69 Å². The highest BCUT2D eigenvalue weighted by atomic mass is 35.5. The van der Waals surface area contributed by atoms with Gasteiger partial charge in [0.15, 0.2) is 0 Å². The van der Waals surface area contributed by atoms with Crippen molar-refractivity contribution in [2.24, 2.45) is 7.05 Å². The molecule has 2 N–H and O–H groups in total. The largest absolute Gasteiger partial charge is 0.352 e. The van der Waals surface area contributed by atoms with E-state index in [4.69, 9.17) is 23.2 Å². The molecule has 0 saturated heterocycles. The van der Waals surface area contributed by atoms with Gasteiger partial charge in [-0.15, -0.1) is 0 Å². The van der Waals surface area contributed by atoms with Crippen molar-refractivity contribution in [2.45, 2.75) is 0 Å². The van der Waals surface area contributed by atoms with Crippen molar-refractivity contribution in [1.82, 2.24) is 20.0 Å². The SMILES string of the molecule is CNNc1nc(-c2ccc(Cl)c(Cl)c2)n(C)c(=O)n1. The third-order valence-electron chi connectivity index (χ3n) is 2.43. The average Bonchev–Trinajstić information content (AvgIpc) is 2.37. The van der Waals surface area contributed by atoms with Crippen LogP contribution in [-0.4, -0.2) is 21.6 Å². The lowest BCUT2D eigenvalue weighted by atomic mass is 10.2. The molecule has 0 aliphatic rings. The van der Waals surface area contributed by atoms with Gasteiger partial charge in [0, 0.05) is 19.7 Å². The van der Waals surface area contributed by atoms with Gasteiger partial charge in [-0.05, 0) is 18.2 Å². The summed E-state index contributed by atoms with van der Waals surface area (Å²) >= 11 is 11.8. The Morgan fingerprint density at radius 1 is 1.21 bits per heavy atom. The number of hydrogen-bond donors (Lipinski definition) is 2. The number of hydrazine groups is 1. The molecule has 19 heavy (non-hydrogen) atoms. The van der Waals surface area contributed by atoms with E-state index in [-0.39, 0.29) is 5.95 Å². The van der Waals surface area contributed by atoms with Crippen LogP contribution in [0, 0.1) is 0 Å². The van der Waals surface area contributed by atoms with Gasteiger partial charge in [0.05, 0.1) is 10.0 Å². The Labute approximate surface area is 119 Å². The van der Waals surface area contributed by atoms with Gasteiger partial charge in [0.1, 0.15) is 5.82 Å². The van der Waals surface area contributed by atoms with Crippen molar-refractivity contribution in [2.75, 3.05) is 12.5 Å². The Morgan fingerprint density at radius 2 is 1.95 bits per heavy atom. The maximum atomic E-state index is 11.7. The van der Waals surface area contributed by atoms with Crippen molar-refractivity contribution >= 4 is 29.2 Å². The Kier molecular flexibility index (Phi) is 4.04. The Bertz CT molecular complexity index is 671. The van der Waals surface area contributed by atoms with Crippen LogP contribution in [0.2, 0.25) is 10.0 Å². The lowest BCUT2D eigenvalue weighted by Crippen LogP contribution is -2.27. The molecule has 6 nitrogen and oxygen atoms in total. The minimum Gasteiger partial charge on any atom is -0.290 e. The molecule has 8 heteroatoms. The predicted octanol–water partition coefficient (Wildman–Crippen LogP) is 1.70. The molecule has 1 aromatic carbocycles. The Morgan fingerprint density at radius 3 is 2.58 bits per heavy atom. The van der Waals surface area contributed by atoms with Gasteiger partial charge in [-0.2, -0.15) is 9.97 Å². The van der Waals surface area contributed by atoms with Crippen LogP contribution < -0.4 is 16.5 Å². The maximum absolute atomic E-state index is 11.7. The summed E-state index contributed by atoms with van der Waals surface area (Å²) in [4.78, 5) is 19.7. The van der Waals surface area contributed by atoms with Crippen LogP contribution in [0.3, 0.4) is 0 Å². The van der Waals surface area contributed by atoms with Gasteiger partial charge in [0.25, 0.3) is 0 Å². The van der Waals surface area contributed by atoms with Crippen molar-refractivity contribution in [1.29, 1.82) is 0 Å². The monoisotopic (exact) mass is 299 g/mol. The molecule has 0 bridgehead atoms. The second-order valence-electron chi connectivity index (χ2n) is 3.72. The lowest BCUT2D eigenvalue weighted by Gasteiger charge is -2.10. The molecule has 0 fully saturated rings. The number of benzene rings is 1. The molecule has 0 radical (unpaired) electrons. The van der Waals surface area contributed by atoms with Crippen LogP contribution >= 0.6 is 23.2 Å². The number of anilines is 1. The van der Waals surface area contributed by atoms with E-state index in [1.54, 1.807) is 32.3 Å². The molecule has 0 aliphatic heterocycles. The van der Waals surface area contributed by atoms with E-state index in [1.807, 2.05) is 0 Å². The van der Waals surface area contributed by atoms with E-state index in [1.165, 1.54) is 4.57 Å². The summed E-state index contributed by atoms with van der Waals surface area (Å²) in [6.07, 6.45) is 0. The molecular weight excluding hydrogens is 289 g/mol. The minimum absolute atomic E-state index is 0.187. The first-order valence-corrected chi connectivity index (χ1v) is 6.11. The summed E-state index contributed by atoms with van der Waals surface area (Å²) in [6, 6.07) is 5.03. The number of halogens is 2. The van der Waals surface area contributed by atoms with Gasteiger partial charge >= 0.3 is 5.69 Å². The number of nitrogens with zero attached hydrogens (tertiary/aromatic N) is 3. The van der Waals surface area contributed by atoms with Crippen LogP contribution in [0.15, 0.2) is 23.0 Å². The molecule has 0 spiro atoms. The number of hydrogen-bond acceptors (Lipinski definition) is 5. The Balaban J connectivity index is 2.60. The number of aromatic nitrogens is 3. The van der Waals surface area contributed by atoms with Crippen LogP contribution in [0.1, 0.15) is 0 Å².